The Morgan fingerprint density at radius 2 is 2.12 bits per heavy atom. The van der Waals surface area contributed by atoms with Crippen LogP contribution in [-0.2, 0) is 17.9 Å². The number of para-hydroxylation sites is 1. The molecule has 5 nitrogen and oxygen atoms in total. The molecule has 3 aromatic rings. The molecule has 0 bridgehead atoms. The zero-order valence-corrected chi connectivity index (χ0v) is 14.3. The molecule has 1 N–H and O–H groups in total. The van der Waals surface area contributed by atoms with E-state index in [0.29, 0.717) is 13.2 Å². The first-order valence-corrected chi connectivity index (χ1v) is 8.58. The summed E-state index contributed by atoms with van der Waals surface area (Å²) in [6.45, 7) is 1.10. The molecule has 1 aromatic carbocycles. The predicted octanol–water partition coefficient (Wildman–Crippen LogP) is 3.20. The summed E-state index contributed by atoms with van der Waals surface area (Å²) in [4.78, 5) is 5.45. The summed E-state index contributed by atoms with van der Waals surface area (Å²) in [5.74, 6) is 1.66. The smallest absolute Gasteiger partial charge is 0.150 e. The third-order valence-corrected chi connectivity index (χ3v) is 4.49. The summed E-state index contributed by atoms with van der Waals surface area (Å²) in [7, 11) is 1.64. The Morgan fingerprint density at radius 3 is 2.92 bits per heavy atom. The fourth-order valence-corrected chi connectivity index (χ4v) is 3.23. The van der Waals surface area contributed by atoms with Gasteiger partial charge in [-0.15, -0.1) is 11.3 Å². The van der Waals surface area contributed by atoms with Crippen LogP contribution in [0.2, 0.25) is 0 Å². The highest BCUT2D eigenvalue weighted by atomic mass is 32.1. The Hall–Kier alpha value is -2.15. The molecule has 126 valence electrons. The zero-order chi connectivity index (χ0) is 16.8. The molecular formula is C18H20N2O3S. The number of rotatable bonds is 8. The van der Waals surface area contributed by atoms with E-state index in [-0.39, 0.29) is 6.61 Å². The minimum atomic E-state index is -0.604. The van der Waals surface area contributed by atoms with Gasteiger partial charge >= 0.3 is 0 Å². The van der Waals surface area contributed by atoms with Crippen molar-refractivity contribution in [3.63, 3.8) is 0 Å². The van der Waals surface area contributed by atoms with Gasteiger partial charge in [-0.2, -0.15) is 0 Å². The third-order valence-electron chi connectivity index (χ3n) is 3.62. The van der Waals surface area contributed by atoms with Crippen LogP contribution in [0, 0.1) is 0 Å². The Kier molecular flexibility index (Phi) is 5.63. The Balaban J connectivity index is 1.53. The lowest BCUT2D eigenvalue weighted by atomic mass is 10.2. The highest BCUT2D eigenvalue weighted by Gasteiger charge is 2.12. The first-order valence-electron chi connectivity index (χ1n) is 7.70. The summed E-state index contributed by atoms with van der Waals surface area (Å²) < 4.78 is 12.9. The first kappa shape index (κ1) is 16.7. The molecule has 6 heteroatoms. The number of ether oxygens (including phenoxy) is 2. The molecule has 24 heavy (non-hydrogen) atoms. The van der Waals surface area contributed by atoms with Gasteiger partial charge < -0.3 is 19.1 Å². The van der Waals surface area contributed by atoms with E-state index in [2.05, 4.69) is 4.98 Å². The van der Waals surface area contributed by atoms with Gasteiger partial charge in [0.05, 0.1) is 37.8 Å². The van der Waals surface area contributed by atoms with Crippen LogP contribution in [0.25, 0.3) is 10.7 Å². The lowest BCUT2D eigenvalue weighted by Gasteiger charge is -2.14. The molecule has 0 fully saturated rings. The van der Waals surface area contributed by atoms with E-state index in [0.717, 1.165) is 22.0 Å². The van der Waals surface area contributed by atoms with Crippen molar-refractivity contribution in [1.29, 1.82) is 0 Å². The Bertz CT molecular complexity index is 755. The second-order valence-electron chi connectivity index (χ2n) is 5.36. The van der Waals surface area contributed by atoms with Crippen molar-refractivity contribution >= 4 is 11.3 Å². The van der Waals surface area contributed by atoms with Gasteiger partial charge in [0.15, 0.2) is 0 Å². The highest BCUT2D eigenvalue weighted by Crippen LogP contribution is 2.23. The third kappa shape index (κ3) is 4.03. The zero-order valence-electron chi connectivity index (χ0n) is 13.5. The largest absolute Gasteiger partial charge is 0.496 e. The number of aliphatic hydroxyl groups excluding tert-OH is 1. The summed E-state index contributed by atoms with van der Waals surface area (Å²) in [6, 6.07) is 11.7. The molecule has 3 rings (SSSR count). The number of hydrogen-bond acceptors (Lipinski definition) is 5. The number of benzene rings is 1. The summed E-state index contributed by atoms with van der Waals surface area (Å²) >= 11 is 1.63. The van der Waals surface area contributed by atoms with Crippen LogP contribution >= 0.6 is 11.3 Å². The molecule has 2 heterocycles. The van der Waals surface area contributed by atoms with Gasteiger partial charge in [-0.3, -0.25) is 0 Å². The monoisotopic (exact) mass is 344 g/mol. The maximum atomic E-state index is 10.2. The quantitative estimate of drug-likeness (QED) is 0.682. The minimum absolute atomic E-state index is 0.250. The standard InChI is InChI=1S/C18H20N2O3S/c1-22-16-6-3-2-5-14(16)12-23-13-15(21)11-20-9-8-19-18(20)17-7-4-10-24-17/h2-10,15,21H,11-13H2,1H3. The van der Waals surface area contributed by atoms with Crippen molar-refractivity contribution in [3.8, 4) is 16.5 Å². The number of imidazole rings is 1. The Morgan fingerprint density at radius 1 is 1.25 bits per heavy atom. The number of hydrogen-bond donors (Lipinski definition) is 1. The molecule has 0 radical (unpaired) electrons. The van der Waals surface area contributed by atoms with Crippen molar-refractivity contribution in [1.82, 2.24) is 9.55 Å². The van der Waals surface area contributed by atoms with Crippen LogP contribution in [0.1, 0.15) is 5.56 Å². The fraction of sp³-hybridized carbons (Fsp3) is 0.278. The van der Waals surface area contributed by atoms with Crippen molar-refractivity contribution in [2.24, 2.45) is 0 Å². The average Bonchev–Trinajstić information content (AvgIpc) is 3.26. The van der Waals surface area contributed by atoms with Crippen LogP contribution in [-0.4, -0.2) is 34.5 Å². The minimum Gasteiger partial charge on any atom is -0.496 e. The van der Waals surface area contributed by atoms with Crippen molar-refractivity contribution in [2.45, 2.75) is 19.3 Å². The van der Waals surface area contributed by atoms with E-state index >= 15 is 0 Å². The van der Waals surface area contributed by atoms with Crippen molar-refractivity contribution < 1.29 is 14.6 Å². The Labute approximate surface area is 145 Å². The van der Waals surface area contributed by atoms with E-state index in [9.17, 15) is 5.11 Å². The molecular weight excluding hydrogens is 324 g/mol. The molecule has 1 atom stereocenters. The molecule has 0 saturated heterocycles. The van der Waals surface area contributed by atoms with Crippen LogP contribution in [0.15, 0.2) is 54.2 Å². The van der Waals surface area contributed by atoms with Gasteiger partial charge in [0, 0.05) is 18.0 Å². The van der Waals surface area contributed by atoms with Gasteiger partial charge in [0.25, 0.3) is 0 Å². The fourth-order valence-electron chi connectivity index (χ4n) is 2.49. The maximum Gasteiger partial charge on any atom is 0.150 e. The van der Waals surface area contributed by atoms with Crippen molar-refractivity contribution in [2.75, 3.05) is 13.7 Å². The molecule has 0 amide bonds. The van der Waals surface area contributed by atoms with Crippen LogP contribution in [0.4, 0.5) is 0 Å². The van der Waals surface area contributed by atoms with Gasteiger partial charge in [-0.25, -0.2) is 4.98 Å². The summed E-state index contributed by atoms with van der Waals surface area (Å²) in [5.41, 5.74) is 0.967. The van der Waals surface area contributed by atoms with E-state index in [1.54, 1.807) is 24.6 Å². The molecule has 1 unspecified atom stereocenters. The lowest BCUT2D eigenvalue weighted by molar-refractivity contribution is 0.0200. The lowest BCUT2D eigenvalue weighted by Crippen LogP contribution is -2.22. The molecule has 0 aliphatic rings. The van der Waals surface area contributed by atoms with E-state index < -0.39 is 6.10 Å². The molecule has 0 aliphatic heterocycles. The summed E-state index contributed by atoms with van der Waals surface area (Å²) in [5, 5.41) is 12.3. The number of aliphatic hydroxyl groups is 1. The van der Waals surface area contributed by atoms with Crippen LogP contribution in [0.3, 0.4) is 0 Å². The summed E-state index contributed by atoms with van der Waals surface area (Å²) in [6.07, 6.45) is 3.02. The number of thiophene rings is 1. The topological polar surface area (TPSA) is 56.5 Å². The highest BCUT2D eigenvalue weighted by molar-refractivity contribution is 7.13. The first-order chi connectivity index (χ1) is 11.8. The number of aromatic nitrogens is 2. The second-order valence-corrected chi connectivity index (χ2v) is 6.31. The predicted molar refractivity (Wildman–Crippen MR) is 94.2 cm³/mol. The SMILES string of the molecule is COc1ccccc1COCC(O)Cn1ccnc1-c1cccs1. The molecule has 2 aromatic heterocycles. The van der Waals surface area contributed by atoms with Gasteiger partial charge in [-0.05, 0) is 17.5 Å². The molecule has 0 spiro atoms. The van der Waals surface area contributed by atoms with Gasteiger partial charge in [0.1, 0.15) is 11.6 Å². The van der Waals surface area contributed by atoms with E-state index in [1.807, 2.05) is 52.5 Å². The normalized spacial score (nSPS) is 12.2. The molecule has 0 saturated carbocycles. The van der Waals surface area contributed by atoms with Crippen LogP contribution < -0.4 is 4.74 Å². The van der Waals surface area contributed by atoms with E-state index in [1.165, 1.54) is 0 Å². The number of methoxy groups -OCH3 is 1. The number of nitrogens with zero attached hydrogens (tertiary/aromatic N) is 2. The van der Waals surface area contributed by atoms with Gasteiger partial charge in [-0.1, -0.05) is 24.3 Å². The average molecular weight is 344 g/mol. The van der Waals surface area contributed by atoms with Crippen molar-refractivity contribution in [3.05, 3.63) is 59.7 Å². The van der Waals surface area contributed by atoms with E-state index in [4.69, 9.17) is 9.47 Å². The second kappa shape index (κ2) is 8.10. The molecule has 0 aliphatic carbocycles. The van der Waals surface area contributed by atoms with Crippen LogP contribution in [0.5, 0.6) is 5.75 Å². The maximum absolute atomic E-state index is 10.2. The van der Waals surface area contributed by atoms with Gasteiger partial charge in [0.2, 0.25) is 0 Å².